The Morgan fingerprint density at radius 3 is 2.63 bits per heavy atom. The van der Waals surface area contributed by atoms with E-state index in [0.717, 1.165) is 11.1 Å². The van der Waals surface area contributed by atoms with E-state index in [9.17, 15) is 9.90 Å². The van der Waals surface area contributed by atoms with Gasteiger partial charge < -0.3 is 10.0 Å². The molecule has 4 heteroatoms. The molecule has 1 unspecified atom stereocenters. The van der Waals surface area contributed by atoms with Crippen LogP contribution in [0.3, 0.4) is 0 Å². The Balaban J connectivity index is 2.27. The molecule has 2 rings (SSSR count). The highest BCUT2D eigenvalue weighted by Gasteiger charge is 2.19. The maximum absolute atomic E-state index is 12.4. The van der Waals surface area contributed by atoms with Gasteiger partial charge in [-0.3, -0.25) is 4.79 Å². The fourth-order valence-corrected chi connectivity index (χ4v) is 2.88. The molecule has 0 aliphatic heterocycles. The summed E-state index contributed by atoms with van der Waals surface area (Å²) in [6.45, 7) is 2.02. The third kappa shape index (κ3) is 3.22. The predicted molar refractivity (Wildman–Crippen MR) is 78.4 cm³/mol. The Kier molecular flexibility index (Phi) is 4.35. The van der Waals surface area contributed by atoms with Crippen LogP contribution in [0.4, 0.5) is 0 Å². The third-order valence-corrected chi connectivity index (χ3v) is 3.73. The zero-order chi connectivity index (χ0) is 13.8. The van der Waals surface area contributed by atoms with Gasteiger partial charge >= 0.3 is 0 Å². The van der Waals surface area contributed by atoms with Crippen LogP contribution in [-0.2, 0) is 0 Å². The molecular weight excluding hydrogens is 258 g/mol. The number of benzene rings is 1. The van der Waals surface area contributed by atoms with Crippen molar-refractivity contribution < 1.29 is 9.90 Å². The second kappa shape index (κ2) is 5.99. The first-order valence-corrected chi connectivity index (χ1v) is 7.04. The second-order valence-corrected chi connectivity index (χ2v) is 5.48. The zero-order valence-corrected chi connectivity index (χ0v) is 11.9. The van der Waals surface area contributed by atoms with Crippen LogP contribution in [0.25, 0.3) is 11.1 Å². The number of likely N-dealkylation sites (N-methyl/N-ethyl adjacent to an activating group) is 1. The molecule has 0 fully saturated rings. The van der Waals surface area contributed by atoms with E-state index >= 15 is 0 Å². The van der Waals surface area contributed by atoms with Crippen molar-refractivity contribution in [2.75, 3.05) is 13.6 Å². The molecule has 1 aromatic heterocycles. The summed E-state index contributed by atoms with van der Waals surface area (Å²) in [7, 11) is 1.71. The predicted octanol–water partition coefficient (Wildman–Crippen LogP) is 2.87. The molecule has 3 nitrogen and oxygen atoms in total. The van der Waals surface area contributed by atoms with Gasteiger partial charge in [0.05, 0.1) is 11.0 Å². The van der Waals surface area contributed by atoms with Crippen LogP contribution in [-0.4, -0.2) is 35.6 Å². The van der Waals surface area contributed by atoms with Crippen LogP contribution < -0.4 is 0 Å². The molecule has 100 valence electrons. The molecule has 0 radical (unpaired) electrons. The summed E-state index contributed by atoms with van der Waals surface area (Å²) in [6, 6.07) is 11.8. The van der Waals surface area contributed by atoms with Gasteiger partial charge in [-0.05, 0) is 23.9 Å². The van der Waals surface area contributed by atoms with E-state index in [1.807, 2.05) is 41.8 Å². The van der Waals surface area contributed by atoms with Crippen molar-refractivity contribution >= 4 is 17.2 Å². The van der Waals surface area contributed by atoms with Gasteiger partial charge in [-0.25, -0.2) is 0 Å². The standard InChI is InChI=1S/C15H17NO2S/c1-11(17)10-16(2)15(18)14-13(8-9-19-14)12-6-4-3-5-7-12/h3-9,11,17H,10H2,1-2H3. The van der Waals surface area contributed by atoms with E-state index in [0.29, 0.717) is 11.4 Å². The molecule has 0 aliphatic carbocycles. The number of amides is 1. The Morgan fingerprint density at radius 1 is 1.32 bits per heavy atom. The third-order valence-electron chi connectivity index (χ3n) is 2.83. The van der Waals surface area contributed by atoms with Crippen LogP contribution >= 0.6 is 11.3 Å². The van der Waals surface area contributed by atoms with Crippen LogP contribution in [0.5, 0.6) is 0 Å². The number of nitrogens with zero attached hydrogens (tertiary/aromatic N) is 1. The van der Waals surface area contributed by atoms with Crippen molar-refractivity contribution in [3.05, 3.63) is 46.7 Å². The zero-order valence-electron chi connectivity index (χ0n) is 11.0. The molecule has 1 N–H and O–H groups in total. The van der Waals surface area contributed by atoms with Crippen LogP contribution in [0.1, 0.15) is 16.6 Å². The lowest BCUT2D eigenvalue weighted by molar-refractivity contribution is 0.0709. The van der Waals surface area contributed by atoms with E-state index in [1.54, 1.807) is 18.9 Å². The second-order valence-electron chi connectivity index (χ2n) is 4.56. The monoisotopic (exact) mass is 275 g/mol. The molecule has 1 heterocycles. The number of aliphatic hydroxyl groups excluding tert-OH is 1. The highest BCUT2D eigenvalue weighted by molar-refractivity contribution is 7.12. The molecule has 0 aliphatic rings. The van der Waals surface area contributed by atoms with Gasteiger partial charge in [-0.1, -0.05) is 30.3 Å². The number of hydrogen-bond donors (Lipinski definition) is 1. The number of aliphatic hydroxyl groups is 1. The topological polar surface area (TPSA) is 40.5 Å². The van der Waals surface area contributed by atoms with Crippen LogP contribution in [0.15, 0.2) is 41.8 Å². The lowest BCUT2D eigenvalue weighted by atomic mass is 10.1. The highest BCUT2D eigenvalue weighted by atomic mass is 32.1. The minimum atomic E-state index is -0.519. The van der Waals surface area contributed by atoms with Crippen LogP contribution in [0, 0.1) is 0 Å². The van der Waals surface area contributed by atoms with Crippen molar-refractivity contribution in [2.45, 2.75) is 13.0 Å². The van der Waals surface area contributed by atoms with E-state index < -0.39 is 6.10 Å². The van der Waals surface area contributed by atoms with Crippen molar-refractivity contribution in [3.8, 4) is 11.1 Å². The number of thiophene rings is 1. The largest absolute Gasteiger partial charge is 0.392 e. The van der Waals surface area contributed by atoms with E-state index in [2.05, 4.69) is 0 Å². The quantitative estimate of drug-likeness (QED) is 0.932. The smallest absolute Gasteiger partial charge is 0.264 e. The van der Waals surface area contributed by atoms with E-state index in [1.165, 1.54) is 11.3 Å². The minimum Gasteiger partial charge on any atom is -0.392 e. The van der Waals surface area contributed by atoms with Crippen molar-refractivity contribution in [3.63, 3.8) is 0 Å². The van der Waals surface area contributed by atoms with Crippen molar-refractivity contribution in [1.29, 1.82) is 0 Å². The Morgan fingerprint density at radius 2 is 2.00 bits per heavy atom. The van der Waals surface area contributed by atoms with Crippen molar-refractivity contribution in [2.24, 2.45) is 0 Å². The van der Waals surface area contributed by atoms with Gasteiger partial charge in [0.2, 0.25) is 0 Å². The van der Waals surface area contributed by atoms with Gasteiger partial charge in [-0.2, -0.15) is 0 Å². The number of rotatable bonds is 4. The maximum Gasteiger partial charge on any atom is 0.264 e. The summed E-state index contributed by atoms with van der Waals surface area (Å²) < 4.78 is 0. The summed E-state index contributed by atoms with van der Waals surface area (Å²) >= 11 is 1.44. The first-order valence-electron chi connectivity index (χ1n) is 6.16. The number of hydrogen-bond acceptors (Lipinski definition) is 3. The first-order chi connectivity index (χ1) is 9.09. The van der Waals surface area contributed by atoms with Gasteiger partial charge in [0, 0.05) is 19.2 Å². The molecule has 1 aromatic carbocycles. The molecule has 0 saturated carbocycles. The van der Waals surface area contributed by atoms with Crippen molar-refractivity contribution in [1.82, 2.24) is 4.90 Å². The fourth-order valence-electron chi connectivity index (χ4n) is 1.97. The lowest BCUT2D eigenvalue weighted by Gasteiger charge is -2.18. The van der Waals surface area contributed by atoms with E-state index in [-0.39, 0.29) is 5.91 Å². The fraction of sp³-hybridized carbons (Fsp3) is 0.267. The molecule has 0 spiro atoms. The summed E-state index contributed by atoms with van der Waals surface area (Å²) in [6.07, 6.45) is -0.519. The average molecular weight is 275 g/mol. The summed E-state index contributed by atoms with van der Waals surface area (Å²) in [5.74, 6) is -0.0465. The van der Waals surface area contributed by atoms with Gasteiger partial charge in [-0.15, -0.1) is 11.3 Å². The molecule has 1 amide bonds. The highest BCUT2D eigenvalue weighted by Crippen LogP contribution is 2.29. The average Bonchev–Trinajstić information content (AvgIpc) is 2.87. The lowest BCUT2D eigenvalue weighted by Crippen LogP contribution is -2.32. The van der Waals surface area contributed by atoms with Gasteiger partial charge in [0.1, 0.15) is 0 Å². The molecule has 19 heavy (non-hydrogen) atoms. The molecule has 0 saturated heterocycles. The summed E-state index contributed by atoms with van der Waals surface area (Å²) in [4.78, 5) is 14.6. The molecule has 2 aromatic rings. The summed E-state index contributed by atoms with van der Waals surface area (Å²) in [5.41, 5.74) is 1.99. The SMILES string of the molecule is CC(O)CN(C)C(=O)c1sccc1-c1ccccc1. The summed E-state index contributed by atoms with van der Waals surface area (Å²) in [5, 5.41) is 11.3. The van der Waals surface area contributed by atoms with Crippen LogP contribution in [0.2, 0.25) is 0 Å². The van der Waals surface area contributed by atoms with E-state index in [4.69, 9.17) is 0 Å². The molecule has 0 bridgehead atoms. The normalized spacial score (nSPS) is 12.2. The Bertz CT molecular complexity index is 548. The Hall–Kier alpha value is -1.65. The first kappa shape index (κ1) is 13.8. The maximum atomic E-state index is 12.4. The minimum absolute atomic E-state index is 0.0465. The Labute approximate surface area is 117 Å². The number of carbonyl (C=O) groups is 1. The molecular formula is C15H17NO2S. The molecule has 1 atom stereocenters. The number of carbonyl (C=O) groups excluding carboxylic acids is 1. The van der Waals surface area contributed by atoms with Gasteiger partial charge in [0.25, 0.3) is 5.91 Å². The van der Waals surface area contributed by atoms with Gasteiger partial charge in [0.15, 0.2) is 0 Å².